The number of hydrogen-bond donors (Lipinski definition) is 1. The number of aliphatic carboxylic acids is 1. The van der Waals surface area contributed by atoms with Crippen LogP contribution < -0.4 is 4.90 Å². The van der Waals surface area contributed by atoms with Gasteiger partial charge in [-0.1, -0.05) is 65.4 Å². The summed E-state index contributed by atoms with van der Waals surface area (Å²) in [4.78, 5) is 25.4. The van der Waals surface area contributed by atoms with Crippen molar-refractivity contribution in [2.45, 2.75) is 6.42 Å². The van der Waals surface area contributed by atoms with Crippen molar-refractivity contribution in [3.05, 3.63) is 68.5 Å². The molecule has 0 unspecified atom stereocenters. The summed E-state index contributed by atoms with van der Waals surface area (Å²) in [5.74, 6) is -1.19. The summed E-state index contributed by atoms with van der Waals surface area (Å²) in [5.41, 5.74) is 1.79. The van der Waals surface area contributed by atoms with Crippen molar-refractivity contribution < 1.29 is 14.7 Å². The van der Waals surface area contributed by atoms with Gasteiger partial charge in [-0.15, -0.1) is 0 Å². The highest BCUT2D eigenvalue weighted by Crippen LogP contribution is 2.38. The van der Waals surface area contributed by atoms with Crippen molar-refractivity contribution >= 4 is 75.1 Å². The van der Waals surface area contributed by atoms with Gasteiger partial charge in [0.25, 0.3) is 5.91 Å². The zero-order chi connectivity index (χ0) is 18.8. The van der Waals surface area contributed by atoms with Crippen LogP contribution in [0.25, 0.3) is 6.08 Å². The SMILES string of the molecule is O=C(O)Cc1ccc(N2C(=O)/C(=C/c3c(Cl)cccc3Cl)SC2=S)cc1. The standard InChI is InChI=1S/C18H11Cl2NO3S2/c19-13-2-1-3-14(20)12(13)9-15-17(24)21(18(25)26-15)11-6-4-10(5-7-11)8-16(22)23/h1-7,9H,8H2,(H,22,23)/b15-9-. The smallest absolute Gasteiger partial charge is 0.307 e. The number of benzene rings is 2. The van der Waals surface area contributed by atoms with Gasteiger partial charge < -0.3 is 5.11 Å². The van der Waals surface area contributed by atoms with E-state index in [1.807, 2.05) is 0 Å². The highest BCUT2D eigenvalue weighted by molar-refractivity contribution is 8.27. The number of carboxylic acid groups (broad SMARTS) is 1. The molecule has 132 valence electrons. The molecule has 26 heavy (non-hydrogen) atoms. The first-order valence-electron chi connectivity index (χ1n) is 7.39. The molecule has 1 aliphatic rings. The van der Waals surface area contributed by atoms with E-state index < -0.39 is 5.97 Å². The van der Waals surface area contributed by atoms with Gasteiger partial charge in [0.2, 0.25) is 0 Å². The molecule has 0 spiro atoms. The van der Waals surface area contributed by atoms with Gasteiger partial charge in [-0.3, -0.25) is 14.5 Å². The van der Waals surface area contributed by atoms with E-state index in [4.69, 9.17) is 40.5 Å². The molecule has 8 heteroatoms. The van der Waals surface area contributed by atoms with E-state index in [1.54, 1.807) is 48.5 Å². The summed E-state index contributed by atoms with van der Waals surface area (Å²) in [6, 6.07) is 11.8. The number of thiocarbonyl (C=S) groups is 1. The van der Waals surface area contributed by atoms with Crippen molar-refractivity contribution in [2.24, 2.45) is 0 Å². The number of hydrogen-bond acceptors (Lipinski definition) is 4. The second kappa shape index (κ2) is 7.80. The van der Waals surface area contributed by atoms with E-state index in [0.29, 0.717) is 36.1 Å². The summed E-state index contributed by atoms with van der Waals surface area (Å²) < 4.78 is 0.385. The van der Waals surface area contributed by atoms with Crippen LogP contribution in [-0.4, -0.2) is 21.3 Å². The summed E-state index contributed by atoms with van der Waals surface area (Å²) in [6.45, 7) is 0. The van der Waals surface area contributed by atoms with Crippen LogP contribution in [0, 0.1) is 0 Å². The molecule has 0 aliphatic carbocycles. The highest BCUT2D eigenvalue weighted by Gasteiger charge is 2.33. The van der Waals surface area contributed by atoms with Crippen LogP contribution in [0.3, 0.4) is 0 Å². The topological polar surface area (TPSA) is 57.6 Å². The third kappa shape index (κ3) is 3.94. The fourth-order valence-corrected chi connectivity index (χ4v) is 4.19. The Bertz CT molecular complexity index is 922. The van der Waals surface area contributed by atoms with E-state index in [0.717, 1.165) is 11.8 Å². The first-order valence-corrected chi connectivity index (χ1v) is 9.37. The molecule has 0 atom stereocenters. The van der Waals surface area contributed by atoms with E-state index in [-0.39, 0.29) is 12.3 Å². The normalized spacial score (nSPS) is 15.8. The Hall–Kier alpha value is -1.86. The van der Waals surface area contributed by atoms with Gasteiger partial charge in [-0.2, -0.15) is 0 Å². The van der Waals surface area contributed by atoms with Gasteiger partial charge >= 0.3 is 5.97 Å². The zero-order valence-corrected chi connectivity index (χ0v) is 16.3. The van der Waals surface area contributed by atoms with Crippen LogP contribution in [0.5, 0.6) is 0 Å². The fourth-order valence-electron chi connectivity index (χ4n) is 2.41. The Morgan fingerprint density at radius 3 is 2.35 bits per heavy atom. The Labute approximate surface area is 169 Å². The first-order chi connectivity index (χ1) is 12.4. The van der Waals surface area contributed by atoms with Crippen molar-refractivity contribution in [2.75, 3.05) is 4.90 Å². The van der Waals surface area contributed by atoms with Crippen LogP contribution in [0.1, 0.15) is 11.1 Å². The summed E-state index contributed by atoms with van der Waals surface area (Å²) in [6.07, 6.45) is 1.55. The molecule has 1 fully saturated rings. The minimum Gasteiger partial charge on any atom is -0.481 e. The lowest BCUT2D eigenvalue weighted by molar-refractivity contribution is -0.136. The van der Waals surface area contributed by atoms with E-state index in [2.05, 4.69) is 0 Å². The molecule has 1 heterocycles. The Morgan fingerprint density at radius 1 is 1.15 bits per heavy atom. The number of rotatable bonds is 4. The minimum absolute atomic E-state index is 0.0798. The number of carbonyl (C=O) groups excluding carboxylic acids is 1. The second-order valence-electron chi connectivity index (χ2n) is 5.39. The van der Waals surface area contributed by atoms with Crippen LogP contribution >= 0.6 is 47.2 Å². The maximum Gasteiger partial charge on any atom is 0.307 e. The number of carbonyl (C=O) groups is 2. The van der Waals surface area contributed by atoms with Crippen molar-refractivity contribution in [1.29, 1.82) is 0 Å². The number of halogens is 2. The van der Waals surface area contributed by atoms with E-state index >= 15 is 0 Å². The Kier molecular flexibility index (Phi) is 5.67. The molecule has 0 bridgehead atoms. The average Bonchev–Trinajstić information content (AvgIpc) is 2.85. The Balaban J connectivity index is 1.90. The molecular formula is C18H11Cl2NO3S2. The quantitative estimate of drug-likeness (QED) is 0.552. The molecule has 0 radical (unpaired) electrons. The number of carboxylic acids is 1. The largest absolute Gasteiger partial charge is 0.481 e. The van der Waals surface area contributed by atoms with Crippen LogP contribution in [0.15, 0.2) is 47.4 Å². The molecule has 1 amide bonds. The second-order valence-corrected chi connectivity index (χ2v) is 7.88. The van der Waals surface area contributed by atoms with Crippen LogP contribution in [0.4, 0.5) is 5.69 Å². The van der Waals surface area contributed by atoms with Crippen molar-refractivity contribution in [3.63, 3.8) is 0 Å². The fraction of sp³-hybridized carbons (Fsp3) is 0.0556. The van der Waals surface area contributed by atoms with Gasteiger partial charge in [-0.05, 0) is 35.9 Å². The van der Waals surface area contributed by atoms with Gasteiger partial charge in [0.1, 0.15) is 0 Å². The van der Waals surface area contributed by atoms with Crippen LogP contribution in [0.2, 0.25) is 10.0 Å². The molecule has 0 saturated carbocycles. The molecule has 2 aromatic carbocycles. The van der Waals surface area contributed by atoms with Crippen molar-refractivity contribution in [3.8, 4) is 0 Å². The zero-order valence-electron chi connectivity index (χ0n) is 13.1. The van der Waals surface area contributed by atoms with Crippen molar-refractivity contribution in [1.82, 2.24) is 0 Å². The predicted molar refractivity (Wildman–Crippen MR) is 110 cm³/mol. The molecule has 4 nitrogen and oxygen atoms in total. The van der Waals surface area contributed by atoms with Gasteiger partial charge in [0.15, 0.2) is 4.32 Å². The van der Waals surface area contributed by atoms with Gasteiger partial charge in [0, 0.05) is 15.6 Å². The molecule has 2 aromatic rings. The maximum absolute atomic E-state index is 12.8. The maximum atomic E-state index is 12.8. The molecule has 0 aromatic heterocycles. The highest BCUT2D eigenvalue weighted by atomic mass is 35.5. The summed E-state index contributed by atoms with van der Waals surface area (Å²) >= 11 is 18.8. The average molecular weight is 424 g/mol. The third-order valence-electron chi connectivity index (χ3n) is 3.62. The summed E-state index contributed by atoms with van der Waals surface area (Å²) in [7, 11) is 0. The number of nitrogens with zero attached hydrogens (tertiary/aromatic N) is 1. The van der Waals surface area contributed by atoms with Gasteiger partial charge in [0.05, 0.1) is 17.0 Å². The number of anilines is 1. The lowest BCUT2D eigenvalue weighted by Crippen LogP contribution is -2.27. The minimum atomic E-state index is -0.914. The lowest BCUT2D eigenvalue weighted by atomic mass is 10.1. The van der Waals surface area contributed by atoms with E-state index in [9.17, 15) is 9.59 Å². The van der Waals surface area contributed by atoms with Crippen LogP contribution in [-0.2, 0) is 16.0 Å². The predicted octanol–water partition coefficient (Wildman–Crippen LogP) is 5.03. The summed E-state index contributed by atoms with van der Waals surface area (Å²) in [5, 5.41) is 9.72. The Morgan fingerprint density at radius 2 is 1.77 bits per heavy atom. The van der Waals surface area contributed by atoms with Gasteiger partial charge in [-0.25, -0.2) is 0 Å². The van der Waals surface area contributed by atoms with E-state index in [1.165, 1.54) is 4.90 Å². The monoisotopic (exact) mass is 423 g/mol. The number of thioether (sulfide) groups is 1. The lowest BCUT2D eigenvalue weighted by Gasteiger charge is -2.14. The molecule has 1 saturated heterocycles. The molecule has 1 aliphatic heterocycles. The molecule has 1 N–H and O–H groups in total. The first kappa shape index (κ1) is 18.9. The molecule has 3 rings (SSSR count). The third-order valence-corrected chi connectivity index (χ3v) is 5.58. The number of amides is 1. The molecular weight excluding hydrogens is 413 g/mol.